The number of H-pyrrole nitrogens is 1. The van der Waals surface area contributed by atoms with Crippen LogP contribution < -0.4 is 5.56 Å². The average molecular weight is 365 g/mol. The Kier molecular flexibility index (Phi) is 5.61. The fraction of sp³-hybridized carbons (Fsp3) is 0.364. The maximum Gasteiger partial charge on any atom is 0.258 e. The van der Waals surface area contributed by atoms with Crippen LogP contribution in [0.3, 0.4) is 0 Å². The van der Waals surface area contributed by atoms with Crippen LogP contribution in [0.25, 0.3) is 10.9 Å². The first kappa shape index (κ1) is 19.1. The van der Waals surface area contributed by atoms with Crippen molar-refractivity contribution in [1.29, 1.82) is 0 Å². The van der Waals surface area contributed by atoms with E-state index in [2.05, 4.69) is 41.7 Å². The highest BCUT2D eigenvalue weighted by Gasteiger charge is 2.14. The van der Waals surface area contributed by atoms with Gasteiger partial charge in [0.2, 0.25) is 0 Å². The van der Waals surface area contributed by atoms with Gasteiger partial charge in [-0.05, 0) is 48.7 Å². The van der Waals surface area contributed by atoms with Crippen LogP contribution in [-0.2, 0) is 13.1 Å². The quantitative estimate of drug-likeness (QED) is 0.690. The van der Waals surface area contributed by atoms with Crippen molar-refractivity contribution in [2.24, 2.45) is 0 Å². The summed E-state index contributed by atoms with van der Waals surface area (Å²) in [6.07, 6.45) is 0. The van der Waals surface area contributed by atoms with Gasteiger partial charge >= 0.3 is 0 Å². The number of aromatic amines is 1. The van der Waals surface area contributed by atoms with Gasteiger partial charge in [0, 0.05) is 12.1 Å². The van der Waals surface area contributed by atoms with E-state index >= 15 is 0 Å². The van der Waals surface area contributed by atoms with E-state index < -0.39 is 0 Å². The molecule has 2 N–H and O–H groups in total. The molecule has 142 valence electrons. The van der Waals surface area contributed by atoms with Crippen molar-refractivity contribution >= 4 is 10.9 Å². The van der Waals surface area contributed by atoms with Crippen LogP contribution in [0.2, 0.25) is 0 Å². The number of nitrogens with zero attached hydrogens (tertiary/aromatic N) is 2. The summed E-state index contributed by atoms with van der Waals surface area (Å²) in [4.78, 5) is 21.9. The molecule has 0 aliphatic carbocycles. The SMILES string of the molecule is CCN(Cc1nc2ccccc2c(=O)[nH]1)Cc1cc(C(C)C)c(C)cc1O. The number of aryl methyl sites for hydroxylation is 1. The Labute approximate surface area is 159 Å². The van der Waals surface area contributed by atoms with Gasteiger partial charge in [0.25, 0.3) is 5.56 Å². The summed E-state index contributed by atoms with van der Waals surface area (Å²) in [5, 5.41) is 11.0. The van der Waals surface area contributed by atoms with E-state index in [9.17, 15) is 9.90 Å². The smallest absolute Gasteiger partial charge is 0.258 e. The van der Waals surface area contributed by atoms with Crippen molar-refractivity contribution in [3.63, 3.8) is 0 Å². The molecule has 1 aromatic heterocycles. The van der Waals surface area contributed by atoms with Crippen LogP contribution >= 0.6 is 0 Å². The van der Waals surface area contributed by atoms with Crippen LogP contribution in [0.15, 0.2) is 41.2 Å². The molecule has 27 heavy (non-hydrogen) atoms. The zero-order valence-corrected chi connectivity index (χ0v) is 16.4. The predicted octanol–water partition coefficient (Wildman–Crippen LogP) is 4.08. The first-order valence-corrected chi connectivity index (χ1v) is 9.41. The van der Waals surface area contributed by atoms with Crippen molar-refractivity contribution in [1.82, 2.24) is 14.9 Å². The molecule has 3 rings (SSSR count). The maximum absolute atomic E-state index is 12.3. The van der Waals surface area contributed by atoms with E-state index in [-0.39, 0.29) is 5.56 Å². The Bertz CT molecular complexity index is 1010. The van der Waals surface area contributed by atoms with E-state index in [1.54, 1.807) is 6.07 Å². The molecule has 0 saturated heterocycles. The molecule has 2 aromatic carbocycles. The van der Waals surface area contributed by atoms with Crippen molar-refractivity contribution < 1.29 is 5.11 Å². The molecule has 0 radical (unpaired) electrons. The summed E-state index contributed by atoms with van der Waals surface area (Å²) < 4.78 is 0. The summed E-state index contributed by atoms with van der Waals surface area (Å²) in [7, 11) is 0. The minimum Gasteiger partial charge on any atom is -0.508 e. The zero-order chi connectivity index (χ0) is 19.6. The summed E-state index contributed by atoms with van der Waals surface area (Å²) in [6, 6.07) is 11.3. The fourth-order valence-electron chi connectivity index (χ4n) is 3.45. The summed E-state index contributed by atoms with van der Waals surface area (Å²) >= 11 is 0. The van der Waals surface area contributed by atoms with Crippen LogP contribution in [0.5, 0.6) is 5.75 Å². The molecule has 0 fully saturated rings. The summed E-state index contributed by atoms with van der Waals surface area (Å²) in [5.74, 6) is 1.35. The third-order valence-corrected chi connectivity index (χ3v) is 4.97. The first-order valence-electron chi connectivity index (χ1n) is 9.41. The standard InChI is InChI=1S/C22H27N3O2/c1-5-25(12-16-11-18(14(2)3)15(4)10-20(16)26)13-21-23-19-9-7-6-8-17(19)22(27)24-21/h6-11,14,26H,5,12-13H2,1-4H3,(H,23,24,27). The minimum atomic E-state index is -0.119. The normalized spacial score (nSPS) is 11.6. The van der Waals surface area contributed by atoms with Gasteiger partial charge in [0.05, 0.1) is 17.4 Å². The van der Waals surface area contributed by atoms with Crippen LogP contribution in [0.1, 0.15) is 49.2 Å². The molecular formula is C22H27N3O2. The number of rotatable bonds is 6. The number of para-hydroxylation sites is 1. The highest BCUT2D eigenvalue weighted by Crippen LogP contribution is 2.28. The van der Waals surface area contributed by atoms with E-state index in [4.69, 9.17) is 0 Å². The van der Waals surface area contributed by atoms with Gasteiger partial charge in [0.1, 0.15) is 11.6 Å². The van der Waals surface area contributed by atoms with Gasteiger partial charge in [0.15, 0.2) is 0 Å². The lowest BCUT2D eigenvalue weighted by Crippen LogP contribution is -2.25. The Morgan fingerprint density at radius 3 is 2.63 bits per heavy atom. The topological polar surface area (TPSA) is 69.2 Å². The van der Waals surface area contributed by atoms with Crippen molar-refractivity contribution in [2.75, 3.05) is 6.54 Å². The number of fused-ring (bicyclic) bond motifs is 1. The maximum atomic E-state index is 12.3. The largest absolute Gasteiger partial charge is 0.508 e. The molecule has 0 unspecified atom stereocenters. The third kappa shape index (κ3) is 4.19. The Balaban J connectivity index is 1.87. The van der Waals surface area contributed by atoms with Gasteiger partial charge in [-0.3, -0.25) is 9.69 Å². The third-order valence-electron chi connectivity index (χ3n) is 4.97. The summed E-state index contributed by atoms with van der Waals surface area (Å²) in [6.45, 7) is 10.3. The number of aromatic hydroxyl groups is 1. The Morgan fingerprint density at radius 2 is 1.93 bits per heavy atom. The number of nitrogens with one attached hydrogen (secondary N) is 1. The zero-order valence-electron chi connectivity index (χ0n) is 16.4. The predicted molar refractivity (Wildman–Crippen MR) is 109 cm³/mol. The molecule has 0 bridgehead atoms. The number of hydrogen-bond donors (Lipinski definition) is 2. The second kappa shape index (κ2) is 7.92. The Hall–Kier alpha value is -2.66. The lowest BCUT2D eigenvalue weighted by molar-refractivity contribution is 0.260. The second-order valence-corrected chi connectivity index (χ2v) is 7.33. The van der Waals surface area contributed by atoms with Gasteiger partial charge in [-0.15, -0.1) is 0 Å². The summed E-state index contributed by atoms with van der Waals surface area (Å²) in [5.41, 5.74) is 3.83. The Morgan fingerprint density at radius 1 is 1.19 bits per heavy atom. The molecule has 0 spiro atoms. The van der Waals surface area contributed by atoms with Gasteiger partial charge in [-0.25, -0.2) is 4.98 Å². The van der Waals surface area contributed by atoms with Crippen LogP contribution in [0, 0.1) is 6.92 Å². The van der Waals surface area contributed by atoms with E-state index in [1.165, 1.54) is 5.56 Å². The second-order valence-electron chi connectivity index (χ2n) is 7.33. The highest BCUT2D eigenvalue weighted by atomic mass is 16.3. The fourth-order valence-corrected chi connectivity index (χ4v) is 3.45. The molecule has 0 aliphatic rings. The van der Waals surface area contributed by atoms with Crippen LogP contribution in [0.4, 0.5) is 0 Å². The van der Waals surface area contributed by atoms with E-state index in [0.29, 0.717) is 41.5 Å². The highest BCUT2D eigenvalue weighted by molar-refractivity contribution is 5.77. The van der Waals surface area contributed by atoms with Gasteiger partial charge < -0.3 is 10.1 Å². The van der Waals surface area contributed by atoms with Crippen molar-refractivity contribution in [2.45, 2.75) is 46.7 Å². The van der Waals surface area contributed by atoms with Crippen molar-refractivity contribution in [3.8, 4) is 5.75 Å². The number of aromatic nitrogens is 2. The molecule has 5 nitrogen and oxygen atoms in total. The minimum absolute atomic E-state index is 0.119. The number of phenolic OH excluding ortho intramolecular Hbond substituents is 1. The number of phenols is 1. The van der Waals surface area contributed by atoms with Crippen molar-refractivity contribution in [3.05, 3.63) is 69.3 Å². The monoisotopic (exact) mass is 365 g/mol. The van der Waals surface area contributed by atoms with E-state index in [0.717, 1.165) is 17.7 Å². The molecule has 1 heterocycles. The lowest BCUT2D eigenvalue weighted by Gasteiger charge is -2.22. The van der Waals surface area contributed by atoms with Gasteiger partial charge in [-0.1, -0.05) is 39.0 Å². The lowest BCUT2D eigenvalue weighted by atomic mass is 9.95. The number of benzene rings is 2. The molecular weight excluding hydrogens is 338 g/mol. The molecule has 0 saturated carbocycles. The average Bonchev–Trinajstić information content (AvgIpc) is 2.63. The molecule has 3 aromatic rings. The number of hydrogen-bond acceptors (Lipinski definition) is 4. The molecule has 0 amide bonds. The van der Waals surface area contributed by atoms with Gasteiger partial charge in [-0.2, -0.15) is 0 Å². The molecule has 0 atom stereocenters. The van der Waals surface area contributed by atoms with Crippen LogP contribution in [-0.4, -0.2) is 26.5 Å². The first-order chi connectivity index (χ1) is 12.9. The molecule has 5 heteroatoms. The molecule has 0 aliphatic heterocycles. The van der Waals surface area contributed by atoms with E-state index in [1.807, 2.05) is 31.2 Å².